The number of hydrogen-bond donors (Lipinski definition) is 1. The first-order valence-electron chi connectivity index (χ1n) is 6.76. The molecule has 1 saturated heterocycles. The van der Waals surface area contributed by atoms with Crippen LogP contribution in [0.4, 0.5) is 5.69 Å². The summed E-state index contributed by atoms with van der Waals surface area (Å²) >= 11 is 0. The van der Waals surface area contributed by atoms with E-state index in [-0.39, 0.29) is 17.6 Å². The monoisotopic (exact) mass is 293 g/mol. The number of carbonyl (C=O) groups is 1. The fourth-order valence-electron chi connectivity index (χ4n) is 2.63. The van der Waals surface area contributed by atoms with Crippen molar-refractivity contribution in [2.75, 3.05) is 27.2 Å². The van der Waals surface area contributed by atoms with E-state index in [1.807, 2.05) is 19.0 Å². The Kier molecular flexibility index (Phi) is 4.54. The lowest BCUT2D eigenvalue weighted by Crippen LogP contribution is -2.41. The standard InChI is InChI=1S/C14H19N3O4/c1-15(2)8-12-7-13(18)9-16(12)14(19)10-3-5-11(6-4-10)17(20)21/h3-6,12-13,18H,7-9H2,1-2H3. The summed E-state index contributed by atoms with van der Waals surface area (Å²) < 4.78 is 0. The predicted octanol–water partition coefficient (Wildman–Crippen LogP) is 0.732. The zero-order valence-electron chi connectivity index (χ0n) is 12.1. The van der Waals surface area contributed by atoms with Crippen molar-refractivity contribution in [3.05, 3.63) is 39.9 Å². The van der Waals surface area contributed by atoms with E-state index in [1.54, 1.807) is 4.90 Å². The fourth-order valence-corrected chi connectivity index (χ4v) is 2.63. The highest BCUT2D eigenvalue weighted by Gasteiger charge is 2.34. The maximum Gasteiger partial charge on any atom is 0.269 e. The first-order chi connectivity index (χ1) is 9.88. The van der Waals surface area contributed by atoms with Crippen LogP contribution >= 0.6 is 0 Å². The van der Waals surface area contributed by atoms with Crippen LogP contribution < -0.4 is 0 Å². The minimum Gasteiger partial charge on any atom is -0.391 e. The van der Waals surface area contributed by atoms with Crippen molar-refractivity contribution >= 4 is 11.6 Å². The molecular weight excluding hydrogens is 274 g/mol. The Bertz CT molecular complexity index is 530. The molecule has 2 atom stereocenters. The molecule has 1 fully saturated rings. The molecule has 0 saturated carbocycles. The number of nitro groups is 1. The molecule has 2 rings (SSSR count). The fraction of sp³-hybridized carbons (Fsp3) is 0.500. The maximum atomic E-state index is 12.5. The normalized spacial score (nSPS) is 21.8. The summed E-state index contributed by atoms with van der Waals surface area (Å²) in [5, 5.41) is 20.4. The van der Waals surface area contributed by atoms with Gasteiger partial charge in [0, 0.05) is 36.8 Å². The Morgan fingerprint density at radius 3 is 2.57 bits per heavy atom. The van der Waals surface area contributed by atoms with Crippen LogP contribution in [-0.2, 0) is 0 Å². The summed E-state index contributed by atoms with van der Waals surface area (Å²) in [6.07, 6.45) is 0.0358. The van der Waals surface area contributed by atoms with Gasteiger partial charge >= 0.3 is 0 Å². The number of hydrogen-bond acceptors (Lipinski definition) is 5. The van der Waals surface area contributed by atoms with Crippen molar-refractivity contribution < 1.29 is 14.8 Å². The van der Waals surface area contributed by atoms with E-state index < -0.39 is 11.0 Å². The molecule has 1 N–H and O–H groups in total. The van der Waals surface area contributed by atoms with Crippen molar-refractivity contribution in [2.45, 2.75) is 18.6 Å². The lowest BCUT2D eigenvalue weighted by molar-refractivity contribution is -0.384. The predicted molar refractivity (Wildman–Crippen MR) is 77.1 cm³/mol. The molecule has 0 bridgehead atoms. The SMILES string of the molecule is CN(C)CC1CC(O)CN1C(=O)c1ccc([N+](=O)[O-])cc1. The van der Waals surface area contributed by atoms with Gasteiger partial charge in [-0.25, -0.2) is 0 Å². The second-order valence-corrected chi connectivity index (χ2v) is 5.57. The number of nitrogens with zero attached hydrogens (tertiary/aromatic N) is 3. The molecule has 0 aromatic heterocycles. The summed E-state index contributed by atoms with van der Waals surface area (Å²) in [6, 6.07) is 5.51. The van der Waals surface area contributed by atoms with E-state index >= 15 is 0 Å². The van der Waals surface area contributed by atoms with Gasteiger partial charge in [-0.3, -0.25) is 14.9 Å². The number of likely N-dealkylation sites (N-methyl/N-ethyl adjacent to an activating group) is 1. The molecule has 1 amide bonds. The average Bonchev–Trinajstić information content (AvgIpc) is 2.78. The van der Waals surface area contributed by atoms with Crippen LogP contribution in [0.15, 0.2) is 24.3 Å². The van der Waals surface area contributed by atoms with Gasteiger partial charge in [0.05, 0.1) is 11.0 Å². The summed E-state index contributed by atoms with van der Waals surface area (Å²) in [6.45, 7) is 0.976. The van der Waals surface area contributed by atoms with E-state index in [2.05, 4.69) is 0 Å². The van der Waals surface area contributed by atoms with Crippen molar-refractivity contribution in [1.82, 2.24) is 9.80 Å². The van der Waals surface area contributed by atoms with E-state index in [4.69, 9.17) is 0 Å². The topological polar surface area (TPSA) is 86.9 Å². The summed E-state index contributed by atoms with van der Waals surface area (Å²) in [5.41, 5.74) is 0.358. The highest BCUT2D eigenvalue weighted by atomic mass is 16.6. The molecule has 2 unspecified atom stereocenters. The zero-order chi connectivity index (χ0) is 15.6. The number of non-ortho nitro benzene ring substituents is 1. The van der Waals surface area contributed by atoms with E-state index in [0.717, 1.165) is 0 Å². The van der Waals surface area contributed by atoms with E-state index in [1.165, 1.54) is 24.3 Å². The van der Waals surface area contributed by atoms with Gasteiger partial charge in [0.2, 0.25) is 0 Å². The Morgan fingerprint density at radius 2 is 2.05 bits per heavy atom. The van der Waals surface area contributed by atoms with Crippen LogP contribution in [0.5, 0.6) is 0 Å². The number of aliphatic hydroxyl groups is 1. The summed E-state index contributed by atoms with van der Waals surface area (Å²) in [4.78, 5) is 26.2. The smallest absolute Gasteiger partial charge is 0.269 e. The molecular formula is C14H19N3O4. The van der Waals surface area contributed by atoms with E-state index in [0.29, 0.717) is 25.1 Å². The number of likely N-dealkylation sites (tertiary alicyclic amines) is 1. The quantitative estimate of drug-likeness (QED) is 0.653. The number of amides is 1. The van der Waals surface area contributed by atoms with Gasteiger partial charge in [-0.05, 0) is 32.6 Å². The van der Waals surface area contributed by atoms with Gasteiger partial charge in [-0.2, -0.15) is 0 Å². The van der Waals surface area contributed by atoms with E-state index in [9.17, 15) is 20.0 Å². The Balaban J connectivity index is 2.15. The van der Waals surface area contributed by atoms with Gasteiger partial charge in [0.1, 0.15) is 0 Å². The molecule has 1 heterocycles. The highest BCUT2D eigenvalue weighted by Crippen LogP contribution is 2.22. The van der Waals surface area contributed by atoms with Gasteiger partial charge in [0.25, 0.3) is 11.6 Å². The first-order valence-corrected chi connectivity index (χ1v) is 6.76. The number of aliphatic hydroxyl groups excluding tert-OH is 1. The third-order valence-corrected chi connectivity index (χ3v) is 3.55. The second kappa shape index (κ2) is 6.19. The van der Waals surface area contributed by atoms with Crippen LogP contribution in [0, 0.1) is 10.1 Å². The summed E-state index contributed by atoms with van der Waals surface area (Å²) in [7, 11) is 3.83. The van der Waals surface area contributed by atoms with Crippen molar-refractivity contribution in [1.29, 1.82) is 0 Å². The lowest BCUT2D eigenvalue weighted by atomic mass is 10.1. The van der Waals surface area contributed by atoms with Crippen molar-refractivity contribution in [2.24, 2.45) is 0 Å². The Morgan fingerprint density at radius 1 is 1.43 bits per heavy atom. The third kappa shape index (κ3) is 3.56. The number of nitro benzene ring substituents is 1. The molecule has 7 nitrogen and oxygen atoms in total. The number of β-amino-alcohol motifs (C(OH)–C–C–N with tert-alkyl or cyclic N) is 1. The molecule has 1 aromatic rings. The largest absolute Gasteiger partial charge is 0.391 e. The molecule has 114 valence electrons. The Hall–Kier alpha value is -1.99. The molecule has 7 heteroatoms. The van der Waals surface area contributed by atoms with Crippen molar-refractivity contribution in [3.63, 3.8) is 0 Å². The first kappa shape index (κ1) is 15.4. The van der Waals surface area contributed by atoms with Crippen LogP contribution in [-0.4, -0.2) is 65.1 Å². The molecule has 0 radical (unpaired) electrons. The highest BCUT2D eigenvalue weighted by molar-refractivity contribution is 5.94. The number of carbonyl (C=O) groups excluding carboxylic acids is 1. The van der Waals surface area contributed by atoms with Crippen LogP contribution in [0.1, 0.15) is 16.8 Å². The number of benzene rings is 1. The Labute approximate surface area is 122 Å². The van der Waals surface area contributed by atoms with Gasteiger partial charge in [-0.15, -0.1) is 0 Å². The van der Waals surface area contributed by atoms with Crippen LogP contribution in [0.3, 0.4) is 0 Å². The molecule has 0 aliphatic carbocycles. The van der Waals surface area contributed by atoms with Crippen LogP contribution in [0.25, 0.3) is 0 Å². The third-order valence-electron chi connectivity index (χ3n) is 3.55. The second-order valence-electron chi connectivity index (χ2n) is 5.57. The molecule has 1 aliphatic heterocycles. The molecule has 0 spiro atoms. The minimum absolute atomic E-state index is 0.0437. The van der Waals surface area contributed by atoms with Gasteiger partial charge in [0.15, 0.2) is 0 Å². The lowest BCUT2D eigenvalue weighted by Gasteiger charge is -2.26. The average molecular weight is 293 g/mol. The van der Waals surface area contributed by atoms with Gasteiger partial charge < -0.3 is 14.9 Å². The maximum absolute atomic E-state index is 12.5. The molecule has 1 aromatic carbocycles. The van der Waals surface area contributed by atoms with Crippen molar-refractivity contribution in [3.8, 4) is 0 Å². The summed E-state index contributed by atoms with van der Waals surface area (Å²) in [5.74, 6) is -0.201. The molecule has 1 aliphatic rings. The zero-order valence-corrected chi connectivity index (χ0v) is 12.1. The van der Waals surface area contributed by atoms with Crippen LogP contribution in [0.2, 0.25) is 0 Å². The minimum atomic E-state index is -0.517. The van der Waals surface area contributed by atoms with Gasteiger partial charge in [-0.1, -0.05) is 0 Å². The number of rotatable bonds is 4. The molecule has 21 heavy (non-hydrogen) atoms.